The van der Waals surface area contributed by atoms with Crippen LogP contribution in [0.4, 0.5) is 15.4 Å². The molecule has 0 radical (unpaired) electrons. The summed E-state index contributed by atoms with van der Waals surface area (Å²) in [6.45, 7) is 3.15. The summed E-state index contributed by atoms with van der Waals surface area (Å²) in [6, 6.07) is 8.46. The maximum atomic E-state index is 12.5. The number of aliphatic hydroxyl groups is 1. The molecule has 0 bridgehead atoms. The molecule has 1 aliphatic rings. The van der Waals surface area contributed by atoms with Crippen molar-refractivity contribution < 1.29 is 24.2 Å². The standard InChI is InChI=1S/C24H28N6O5/c1-2-25-24(34)30-12-8-16-13-17(5-6-20(16)30)35-18-7-9-26-21(14-18)28-23(33)27-19(15-31)22(32)29-10-3-4-11-29/h5-9,12-14,19,31H,2-4,10-11,15H2,1H3,(H,25,34)(H2,26,27,28,33)/t19-/m0/s1. The molecule has 0 saturated carbocycles. The molecule has 184 valence electrons. The van der Waals surface area contributed by atoms with Gasteiger partial charge >= 0.3 is 12.1 Å². The summed E-state index contributed by atoms with van der Waals surface area (Å²) in [4.78, 5) is 42.7. The molecule has 3 heterocycles. The Hall–Kier alpha value is -4.12. The first kappa shape index (κ1) is 24.0. The number of hydrogen-bond donors (Lipinski definition) is 4. The Bertz CT molecular complexity index is 1220. The number of hydrogen-bond acceptors (Lipinski definition) is 6. The molecular formula is C24H28N6O5. The van der Waals surface area contributed by atoms with Gasteiger partial charge in [-0.25, -0.2) is 14.6 Å². The minimum atomic E-state index is -1.02. The Labute approximate surface area is 202 Å². The number of pyridine rings is 1. The van der Waals surface area contributed by atoms with E-state index in [1.54, 1.807) is 41.4 Å². The number of carbonyl (C=O) groups is 3. The fourth-order valence-corrected chi connectivity index (χ4v) is 3.93. The predicted octanol–water partition coefficient (Wildman–Crippen LogP) is 2.51. The van der Waals surface area contributed by atoms with Gasteiger partial charge in [-0.1, -0.05) is 0 Å². The normalized spacial score (nSPS) is 13.9. The van der Waals surface area contributed by atoms with Crippen molar-refractivity contribution in [2.45, 2.75) is 25.8 Å². The lowest BCUT2D eigenvalue weighted by Crippen LogP contribution is -2.50. The number of aromatic nitrogens is 2. The number of amides is 4. The van der Waals surface area contributed by atoms with Gasteiger partial charge in [0.2, 0.25) is 5.91 Å². The molecule has 1 fully saturated rings. The maximum Gasteiger partial charge on any atom is 0.326 e. The number of fused-ring (bicyclic) bond motifs is 1. The highest BCUT2D eigenvalue weighted by molar-refractivity contribution is 5.94. The summed E-state index contributed by atoms with van der Waals surface area (Å²) in [7, 11) is 0. The van der Waals surface area contributed by atoms with Crippen molar-refractivity contribution >= 4 is 34.7 Å². The number of ether oxygens (including phenoxy) is 1. The zero-order valence-electron chi connectivity index (χ0n) is 19.4. The van der Waals surface area contributed by atoms with E-state index in [2.05, 4.69) is 20.9 Å². The van der Waals surface area contributed by atoms with E-state index < -0.39 is 18.7 Å². The number of nitrogens with zero attached hydrogens (tertiary/aromatic N) is 3. The predicted molar refractivity (Wildman–Crippen MR) is 130 cm³/mol. The van der Waals surface area contributed by atoms with Crippen LogP contribution in [0.5, 0.6) is 11.5 Å². The molecule has 1 aliphatic heterocycles. The van der Waals surface area contributed by atoms with Gasteiger partial charge in [0.05, 0.1) is 12.1 Å². The van der Waals surface area contributed by atoms with Crippen molar-refractivity contribution in [3.63, 3.8) is 0 Å². The second-order valence-electron chi connectivity index (χ2n) is 8.09. The smallest absolute Gasteiger partial charge is 0.326 e. The number of aliphatic hydroxyl groups excluding tert-OH is 1. The lowest BCUT2D eigenvalue weighted by atomic mass is 10.2. The molecule has 4 N–H and O–H groups in total. The second kappa shape index (κ2) is 10.9. The molecule has 4 rings (SSSR count). The third kappa shape index (κ3) is 5.69. The van der Waals surface area contributed by atoms with Gasteiger partial charge in [-0.3, -0.25) is 14.7 Å². The zero-order valence-corrected chi connectivity index (χ0v) is 19.4. The highest BCUT2D eigenvalue weighted by atomic mass is 16.5. The van der Waals surface area contributed by atoms with Crippen LogP contribution >= 0.6 is 0 Å². The average Bonchev–Trinajstić information content (AvgIpc) is 3.53. The lowest BCUT2D eigenvalue weighted by Gasteiger charge is -2.22. The fourth-order valence-electron chi connectivity index (χ4n) is 3.93. The third-order valence-electron chi connectivity index (χ3n) is 5.62. The van der Waals surface area contributed by atoms with Gasteiger partial charge < -0.3 is 25.4 Å². The Morgan fingerprint density at radius 1 is 1.11 bits per heavy atom. The van der Waals surface area contributed by atoms with Gasteiger partial charge in [0.15, 0.2) is 0 Å². The Morgan fingerprint density at radius 2 is 1.89 bits per heavy atom. The molecule has 1 aromatic carbocycles. The van der Waals surface area contributed by atoms with Gasteiger partial charge in [0.25, 0.3) is 0 Å². The monoisotopic (exact) mass is 480 g/mol. The van der Waals surface area contributed by atoms with E-state index in [1.807, 2.05) is 13.0 Å². The quantitative estimate of drug-likeness (QED) is 0.410. The van der Waals surface area contributed by atoms with Crippen LogP contribution in [0.3, 0.4) is 0 Å². The number of carbonyl (C=O) groups excluding carboxylic acids is 3. The summed E-state index contributed by atoms with van der Waals surface area (Å²) < 4.78 is 7.44. The van der Waals surface area contributed by atoms with Crippen molar-refractivity contribution in [1.82, 2.24) is 25.1 Å². The van der Waals surface area contributed by atoms with Crippen LogP contribution in [0.2, 0.25) is 0 Å². The molecular weight excluding hydrogens is 452 g/mol. The highest BCUT2D eigenvalue weighted by Gasteiger charge is 2.27. The van der Waals surface area contributed by atoms with E-state index in [4.69, 9.17) is 4.74 Å². The molecule has 1 saturated heterocycles. The van der Waals surface area contributed by atoms with Gasteiger partial charge in [-0.05, 0) is 50.1 Å². The first-order valence-electron chi connectivity index (χ1n) is 11.5. The number of urea groups is 1. The van der Waals surface area contributed by atoms with E-state index in [9.17, 15) is 19.5 Å². The summed E-state index contributed by atoms with van der Waals surface area (Å²) in [5.74, 6) is 0.893. The molecule has 0 spiro atoms. The van der Waals surface area contributed by atoms with Crippen LogP contribution in [0.25, 0.3) is 10.9 Å². The van der Waals surface area contributed by atoms with Crippen molar-refractivity contribution in [1.29, 1.82) is 0 Å². The van der Waals surface area contributed by atoms with Crippen molar-refractivity contribution in [3.05, 3.63) is 48.8 Å². The van der Waals surface area contributed by atoms with E-state index in [-0.39, 0.29) is 17.8 Å². The van der Waals surface area contributed by atoms with E-state index in [0.29, 0.717) is 31.1 Å². The topological polar surface area (TPSA) is 138 Å². The zero-order chi connectivity index (χ0) is 24.8. The van der Waals surface area contributed by atoms with Crippen LogP contribution in [-0.2, 0) is 4.79 Å². The minimum absolute atomic E-state index is 0.204. The first-order valence-corrected chi connectivity index (χ1v) is 11.5. The van der Waals surface area contributed by atoms with E-state index >= 15 is 0 Å². The number of rotatable bonds is 7. The summed E-state index contributed by atoms with van der Waals surface area (Å²) in [6.07, 6.45) is 5.01. The van der Waals surface area contributed by atoms with Gasteiger partial charge in [-0.15, -0.1) is 0 Å². The number of nitrogens with one attached hydrogen (secondary N) is 3. The molecule has 0 unspecified atom stereocenters. The number of benzene rings is 1. The van der Waals surface area contributed by atoms with Crippen molar-refractivity contribution in [3.8, 4) is 11.5 Å². The van der Waals surface area contributed by atoms with Crippen LogP contribution in [0.15, 0.2) is 48.8 Å². The second-order valence-corrected chi connectivity index (χ2v) is 8.09. The molecule has 3 aromatic rings. The highest BCUT2D eigenvalue weighted by Crippen LogP contribution is 2.27. The van der Waals surface area contributed by atoms with Gasteiger partial charge in [-0.2, -0.15) is 0 Å². The molecule has 11 heteroatoms. The SMILES string of the molecule is CCNC(=O)n1ccc2cc(Oc3ccnc(NC(=O)N[C@@H](CO)C(=O)N4CCCC4)c3)ccc21. The molecule has 11 nitrogen and oxygen atoms in total. The van der Waals surface area contributed by atoms with Gasteiger partial charge in [0.1, 0.15) is 23.4 Å². The number of anilines is 1. The summed E-state index contributed by atoms with van der Waals surface area (Å²) in [5, 5.41) is 18.2. The van der Waals surface area contributed by atoms with Crippen LogP contribution < -0.4 is 20.7 Å². The van der Waals surface area contributed by atoms with Crippen LogP contribution in [-0.4, -0.2) is 69.8 Å². The van der Waals surface area contributed by atoms with Crippen molar-refractivity contribution in [2.75, 3.05) is 31.6 Å². The molecule has 35 heavy (non-hydrogen) atoms. The fraction of sp³-hybridized carbons (Fsp3) is 0.333. The minimum Gasteiger partial charge on any atom is -0.457 e. The average molecular weight is 481 g/mol. The molecule has 1 atom stereocenters. The van der Waals surface area contributed by atoms with E-state index in [0.717, 1.165) is 23.7 Å². The Morgan fingerprint density at radius 3 is 2.63 bits per heavy atom. The molecule has 0 aliphatic carbocycles. The summed E-state index contributed by atoms with van der Waals surface area (Å²) >= 11 is 0. The molecule has 2 aromatic heterocycles. The van der Waals surface area contributed by atoms with Crippen molar-refractivity contribution in [2.24, 2.45) is 0 Å². The van der Waals surface area contributed by atoms with E-state index in [1.165, 1.54) is 10.8 Å². The number of likely N-dealkylation sites (tertiary alicyclic amines) is 1. The van der Waals surface area contributed by atoms with Crippen LogP contribution in [0, 0.1) is 0 Å². The maximum absolute atomic E-state index is 12.5. The molecule has 4 amide bonds. The largest absolute Gasteiger partial charge is 0.457 e. The summed E-state index contributed by atoms with van der Waals surface area (Å²) in [5.41, 5.74) is 0.749. The Balaban J connectivity index is 1.39. The third-order valence-corrected chi connectivity index (χ3v) is 5.62. The van der Waals surface area contributed by atoms with Gasteiger partial charge in [0, 0.05) is 43.5 Å². The van der Waals surface area contributed by atoms with Crippen LogP contribution in [0.1, 0.15) is 19.8 Å². The first-order chi connectivity index (χ1) is 17.0. The lowest BCUT2D eigenvalue weighted by molar-refractivity contribution is -0.133. The Kier molecular flexibility index (Phi) is 7.46.